The monoisotopic (exact) mass is 218 g/mol. The molecule has 2 rings (SSSR count). The van der Waals surface area contributed by atoms with Gasteiger partial charge in [-0.25, -0.2) is 0 Å². The molecule has 0 saturated heterocycles. The molecule has 0 bridgehead atoms. The van der Waals surface area contributed by atoms with Crippen LogP contribution in [0.3, 0.4) is 0 Å². The Balaban J connectivity index is 2.28. The molecule has 1 aliphatic rings. The Morgan fingerprint density at radius 1 is 1.31 bits per heavy atom. The van der Waals surface area contributed by atoms with Gasteiger partial charge in [0.2, 0.25) is 0 Å². The molecule has 0 amide bonds. The highest BCUT2D eigenvalue weighted by Crippen LogP contribution is 2.31. The number of nitrogens with two attached hydrogens (primary N) is 1. The third-order valence-corrected chi connectivity index (χ3v) is 3.65. The van der Waals surface area contributed by atoms with Crippen LogP contribution in [0.4, 0.5) is 11.4 Å². The summed E-state index contributed by atoms with van der Waals surface area (Å²) >= 11 is 0. The molecule has 1 fully saturated rings. The van der Waals surface area contributed by atoms with Crippen LogP contribution in [0.5, 0.6) is 0 Å². The van der Waals surface area contributed by atoms with Crippen molar-refractivity contribution in [2.45, 2.75) is 45.6 Å². The third-order valence-electron chi connectivity index (χ3n) is 3.65. The van der Waals surface area contributed by atoms with Gasteiger partial charge in [0.1, 0.15) is 0 Å². The Labute approximate surface area is 98.4 Å². The van der Waals surface area contributed by atoms with Crippen molar-refractivity contribution in [3.05, 3.63) is 23.8 Å². The van der Waals surface area contributed by atoms with Crippen LogP contribution in [-0.4, -0.2) is 12.6 Å². The van der Waals surface area contributed by atoms with Crippen LogP contribution in [0.15, 0.2) is 18.2 Å². The van der Waals surface area contributed by atoms with E-state index in [9.17, 15) is 0 Å². The maximum absolute atomic E-state index is 5.89. The summed E-state index contributed by atoms with van der Waals surface area (Å²) in [5, 5.41) is 0. The molecule has 0 spiro atoms. The van der Waals surface area contributed by atoms with E-state index in [1.54, 1.807) is 0 Å². The number of aryl methyl sites for hydroxylation is 1. The van der Waals surface area contributed by atoms with E-state index in [0.717, 1.165) is 18.3 Å². The standard InChI is InChI=1S/C14H22N2/c1-3-16(13-6-4-5-7-13)14-10-12(15)9-8-11(14)2/h8-10,13H,3-7,15H2,1-2H3. The lowest BCUT2D eigenvalue weighted by atomic mass is 10.1. The number of nitrogens with zero attached hydrogens (tertiary/aromatic N) is 1. The van der Waals surface area contributed by atoms with Gasteiger partial charge in [-0.3, -0.25) is 0 Å². The van der Waals surface area contributed by atoms with Crippen molar-refractivity contribution in [3.63, 3.8) is 0 Å². The highest BCUT2D eigenvalue weighted by atomic mass is 15.2. The molecule has 16 heavy (non-hydrogen) atoms. The van der Waals surface area contributed by atoms with Crippen molar-refractivity contribution in [1.82, 2.24) is 0 Å². The first kappa shape index (κ1) is 11.3. The van der Waals surface area contributed by atoms with Crippen molar-refractivity contribution in [3.8, 4) is 0 Å². The van der Waals surface area contributed by atoms with Crippen LogP contribution >= 0.6 is 0 Å². The van der Waals surface area contributed by atoms with E-state index in [4.69, 9.17) is 5.73 Å². The minimum Gasteiger partial charge on any atom is -0.399 e. The van der Waals surface area contributed by atoms with Crippen molar-refractivity contribution in [1.29, 1.82) is 0 Å². The molecule has 2 heteroatoms. The third kappa shape index (κ3) is 2.16. The molecule has 0 heterocycles. The van der Waals surface area contributed by atoms with E-state index in [0.29, 0.717) is 0 Å². The highest BCUT2D eigenvalue weighted by Gasteiger charge is 2.22. The SMILES string of the molecule is CCN(c1cc(N)ccc1C)C1CCCC1. The number of rotatable bonds is 3. The molecule has 2 N–H and O–H groups in total. The molecule has 0 atom stereocenters. The first-order valence-corrected chi connectivity index (χ1v) is 6.35. The van der Waals surface area contributed by atoms with Gasteiger partial charge in [0.25, 0.3) is 0 Å². The molecule has 1 saturated carbocycles. The summed E-state index contributed by atoms with van der Waals surface area (Å²) in [6.45, 7) is 5.49. The zero-order chi connectivity index (χ0) is 11.5. The fourth-order valence-corrected chi connectivity index (χ4v) is 2.78. The van der Waals surface area contributed by atoms with Crippen molar-refractivity contribution in [2.75, 3.05) is 17.2 Å². The van der Waals surface area contributed by atoms with E-state index in [1.165, 1.54) is 36.9 Å². The van der Waals surface area contributed by atoms with Gasteiger partial charge < -0.3 is 10.6 Å². The lowest BCUT2D eigenvalue weighted by molar-refractivity contribution is 0.619. The molecule has 2 nitrogen and oxygen atoms in total. The van der Waals surface area contributed by atoms with E-state index >= 15 is 0 Å². The van der Waals surface area contributed by atoms with Crippen molar-refractivity contribution in [2.24, 2.45) is 0 Å². The summed E-state index contributed by atoms with van der Waals surface area (Å²) in [5.41, 5.74) is 9.43. The predicted octanol–water partition coefficient (Wildman–Crippen LogP) is 3.35. The van der Waals surface area contributed by atoms with Crippen molar-refractivity contribution < 1.29 is 0 Å². The van der Waals surface area contributed by atoms with Gasteiger partial charge in [0.05, 0.1) is 0 Å². The number of anilines is 2. The second kappa shape index (κ2) is 4.77. The summed E-state index contributed by atoms with van der Waals surface area (Å²) < 4.78 is 0. The summed E-state index contributed by atoms with van der Waals surface area (Å²) in [6, 6.07) is 6.96. The Morgan fingerprint density at radius 3 is 2.62 bits per heavy atom. The van der Waals surface area contributed by atoms with Gasteiger partial charge in [-0.2, -0.15) is 0 Å². The fraction of sp³-hybridized carbons (Fsp3) is 0.571. The molecule has 0 aromatic heterocycles. The Hall–Kier alpha value is -1.18. The summed E-state index contributed by atoms with van der Waals surface area (Å²) in [4.78, 5) is 2.53. The molecular weight excluding hydrogens is 196 g/mol. The average Bonchev–Trinajstić information content (AvgIpc) is 2.78. The van der Waals surface area contributed by atoms with Crippen LogP contribution in [0.25, 0.3) is 0 Å². The minimum atomic E-state index is 0.727. The van der Waals surface area contributed by atoms with E-state index in [-0.39, 0.29) is 0 Å². The van der Waals surface area contributed by atoms with Crippen LogP contribution in [-0.2, 0) is 0 Å². The van der Waals surface area contributed by atoms with Gasteiger partial charge in [-0.1, -0.05) is 18.9 Å². The molecular formula is C14H22N2. The summed E-state index contributed by atoms with van der Waals surface area (Å²) in [7, 11) is 0. The first-order chi connectivity index (χ1) is 7.72. The van der Waals surface area contributed by atoms with Crippen LogP contribution in [0.2, 0.25) is 0 Å². The fourth-order valence-electron chi connectivity index (χ4n) is 2.78. The first-order valence-electron chi connectivity index (χ1n) is 6.35. The van der Waals surface area contributed by atoms with Crippen LogP contribution < -0.4 is 10.6 Å². The maximum atomic E-state index is 5.89. The second-order valence-electron chi connectivity index (χ2n) is 4.77. The molecule has 0 aliphatic heterocycles. The predicted molar refractivity (Wildman–Crippen MR) is 70.9 cm³/mol. The molecule has 0 radical (unpaired) electrons. The quantitative estimate of drug-likeness (QED) is 0.788. The summed E-state index contributed by atoms with van der Waals surface area (Å²) in [6.07, 6.45) is 5.43. The lowest BCUT2D eigenvalue weighted by Crippen LogP contribution is -2.33. The van der Waals surface area contributed by atoms with Crippen molar-refractivity contribution >= 4 is 11.4 Å². The number of hydrogen-bond acceptors (Lipinski definition) is 2. The topological polar surface area (TPSA) is 29.3 Å². The highest BCUT2D eigenvalue weighted by molar-refractivity contribution is 5.61. The second-order valence-corrected chi connectivity index (χ2v) is 4.77. The Morgan fingerprint density at radius 2 is 2.00 bits per heavy atom. The van der Waals surface area contributed by atoms with Gasteiger partial charge in [-0.05, 0) is 44.4 Å². The lowest BCUT2D eigenvalue weighted by Gasteiger charge is -2.31. The molecule has 1 aromatic carbocycles. The Kier molecular flexibility index (Phi) is 3.37. The molecule has 88 valence electrons. The zero-order valence-electron chi connectivity index (χ0n) is 10.4. The smallest absolute Gasteiger partial charge is 0.0418 e. The van der Waals surface area contributed by atoms with E-state index in [2.05, 4.69) is 30.9 Å². The normalized spacial score (nSPS) is 16.6. The molecule has 1 aromatic rings. The zero-order valence-corrected chi connectivity index (χ0v) is 10.4. The molecule has 1 aliphatic carbocycles. The number of hydrogen-bond donors (Lipinski definition) is 1. The van der Waals surface area contributed by atoms with Gasteiger partial charge >= 0.3 is 0 Å². The largest absolute Gasteiger partial charge is 0.399 e. The van der Waals surface area contributed by atoms with Crippen LogP contribution in [0.1, 0.15) is 38.2 Å². The van der Waals surface area contributed by atoms with Gasteiger partial charge in [0, 0.05) is 24.0 Å². The average molecular weight is 218 g/mol. The van der Waals surface area contributed by atoms with E-state index < -0.39 is 0 Å². The Bertz CT molecular complexity index is 354. The number of nitrogen functional groups attached to an aromatic ring is 1. The number of benzene rings is 1. The van der Waals surface area contributed by atoms with Crippen LogP contribution in [0, 0.1) is 6.92 Å². The summed E-state index contributed by atoms with van der Waals surface area (Å²) in [5.74, 6) is 0. The maximum Gasteiger partial charge on any atom is 0.0418 e. The minimum absolute atomic E-state index is 0.727. The molecule has 0 unspecified atom stereocenters. The van der Waals surface area contributed by atoms with Gasteiger partial charge in [-0.15, -0.1) is 0 Å². The van der Waals surface area contributed by atoms with Gasteiger partial charge in [0.15, 0.2) is 0 Å². The van der Waals surface area contributed by atoms with E-state index in [1.807, 2.05) is 6.07 Å².